The first-order valence-electron chi connectivity index (χ1n) is 10.9. The van der Waals surface area contributed by atoms with Gasteiger partial charge in [-0.05, 0) is 54.1 Å². The maximum atomic E-state index is 5.39. The average molecular weight is 467 g/mol. The van der Waals surface area contributed by atoms with Crippen molar-refractivity contribution in [1.29, 1.82) is 0 Å². The number of para-hydroxylation sites is 3. The molecule has 2 heterocycles. The second kappa shape index (κ2) is 8.65. The van der Waals surface area contributed by atoms with Gasteiger partial charge in [0.2, 0.25) is 0 Å². The lowest BCUT2D eigenvalue weighted by atomic mass is 10.1. The Morgan fingerprint density at radius 2 is 1.36 bits per heavy atom. The summed E-state index contributed by atoms with van der Waals surface area (Å²) >= 11 is 3.71. The van der Waals surface area contributed by atoms with E-state index in [1.165, 1.54) is 31.6 Å². The third kappa shape index (κ3) is 3.81. The molecule has 0 fully saturated rings. The van der Waals surface area contributed by atoms with Crippen LogP contribution in [-0.4, -0.2) is 12.9 Å². The molecular weight excluding hydrogens is 444 g/mol. The molecule has 4 aromatic rings. The molecule has 4 aromatic carbocycles. The SMILES string of the molecule is COc1ccc(C2CC(N3c4ccccc4Sc4ccccc43)=Nc3ccccc3S2)cc1. The maximum Gasteiger partial charge on any atom is 0.118 e. The third-order valence-electron chi connectivity index (χ3n) is 5.93. The summed E-state index contributed by atoms with van der Waals surface area (Å²) in [6.45, 7) is 0. The highest BCUT2D eigenvalue weighted by molar-refractivity contribution is 8.00. The summed E-state index contributed by atoms with van der Waals surface area (Å²) in [6.07, 6.45) is 0.818. The van der Waals surface area contributed by atoms with Crippen molar-refractivity contribution in [2.75, 3.05) is 12.0 Å². The van der Waals surface area contributed by atoms with Crippen LogP contribution in [-0.2, 0) is 0 Å². The van der Waals surface area contributed by atoms with Gasteiger partial charge in [0.25, 0.3) is 0 Å². The number of hydrogen-bond donors (Lipinski definition) is 0. The summed E-state index contributed by atoms with van der Waals surface area (Å²) in [5, 5.41) is 0.243. The Hall–Kier alpha value is -3.15. The van der Waals surface area contributed by atoms with Gasteiger partial charge in [0.15, 0.2) is 0 Å². The van der Waals surface area contributed by atoms with Gasteiger partial charge in [0.1, 0.15) is 11.6 Å². The largest absolute Gasteiger partial charge is 0.497 e. The molecule has 0 spiro atoms. The Kier molecular flexibility index (Phi) is 5.36. The molecule has 0 aliphatic carbocycles. The van der Waals surface area contributed by atoms with Crippen molar-refractivity contribution >= 4 is 46.4 Å². The number of nitrogens with zero attached hydrogens (tertiary/aromatic N) is 2. The van der Waals surface area contributed by atoms with E-state index in [0.717, 1.165) is 23.7 Å². The van der Waals surface area contributed by atoms with Crippen molar-refractivity contribution in [3.8, 4) is 5.75 Å². The number of rotatable bonds is 2. The van der Waals surface area contributed by atoms with Gasteiger partial charge < -0.3 is 4.74 Å². The van der Waals surface area contributed by atoms with Crippen LogP contribution in [0, 0.1) is 0 Å². The predicted octanol–water partition coefficient (Wildman–Crippen LogP) is 8.27. The molecule has 0 N–H and O–H groups in total. The Morgan fingerprint density at radius 3 is 2.03 bits per heavy atom. The summed E-state index contributed by atoms with van der Waals surface area (Å²) in [7, 11) is 1.71. The van der Waals surface area contributed by atoms with Crippen LogP contribution >= 0.6 is 23.5 Å². The molecule has 0 radical (unpaired) electrons. The smallest absolute Gasteiger partial charge is 0.118 e. The molecule has 0 bridgehead atoms. The van der Waals surface area contributed by atoms with Crippen LogP contribution in [0.5, 0.6) is 5.75 Å². The zero-order valence-corrected chi connectivity index (χ0v) is 19.8. The quantitative estimate of drug-likeness (QED) is 0.297. The van der Waals surface area contributed by atoms with Crippen molar-refractivity contribution in [3.63, 3.8) is 0 Å². The summed E-state index contributed by atoms with van der Waals surface area (Å²) in [5.74, 6) is 1.94. The molecule has 5 heteroatoms. The fourth-order valence-corrected chi connectivity index (χ4v) is 6.60. The van der Waals surface area contributed by atoms with E-state index in [-0.39, 0.29) is 5.25 Å². The standard InChI is InChI=1S/C28H22N2OS2/c1-31-20-16-14-19(15-17-20)27-18-28(29-21-8-2-5-11-24(21)32-27)30-22-9-3-6-12-25(22)33-26-13-7-4-10-23(26)30/h2-17,27H,18H2,1H3. The molecule has 0 saturated carbocycles. The van der Waals surface area contributed by atoms with E-state index in [4.69, 9.17) is 9.73 Å². The summed E-state index contributed by atoms with van der Waals surface area (Å²) in [6, 6.07) is 34.2. The molecule has 0 saturated heterocycles. The third-order valence-corrected chi connectivity index (χ3v) is 8.38. The van der Waals surface area contributed by atoms with Crippen molar-refractivity contribution in [2.24, 2.45) is 4.99 Å². The van der Waals surface area contributed by atoms with Gasteiger partial charge in [0, 0.05) is 26.4 Å². The molecule has 33 heavy (non-hydrogen) atoms. The zero-order valence-electron chi connectivity index (χ0n) is 18.1. The zero-order chi connectivity index (χ0) is 22.2. The summed E-state index contributed by atoms with van der Waals surface area (Å²) in [4.78, 5) is 11.3. The van der Waals surface area contributed by atoms with E-state index < -0.39 is 0 Å². The van der Waals surface area contributed by atoms with Gasteiger partial charge >= 0.3 is 0 Å². The number of amidine groups is 1. The monoisotopic (exact) mass is 466 g/mol. The molecule has 6 rings (SSSR count). The average Bonchev–Trinajstić information content (AvgIpc) is 3.07. The lowest BCUT2D eigenvalue weighted by Gasteiger charge is -2.34. The minimum atomic E-state index is 0.243. The Morgan fingerprint density at radius 1 is 0.758 bits per heavy atom. The van der Waals surface area contributed by atoms with Gasteiger partial charge in [-0.25, -0.2) is 4.99 Å². The summed E-state index contributed by atoms with van der Waals surface area (Å²) in [5.41, 5.74) is 4.69. The Labute approximate surface area is 202 Å². The first-order chi connectivity index (χ1) is 16.3. The molecule has 2 aliphatic rings. The molecule has 0 aromatic heterocycles. The van der Waals surface area contributed by atoms with E-state index in [9.17, 15) is 0 Å². The lowest BCUT2D eigenvalue weighted by molar-refractivity contribution is 0.414. The van der Waals surface area contributed by atoms with Crippen molar-refractivity contribution in [1.82, 2.24) is 0 Å². The molecule has 1 unspecified atom stereocenters. The van der Waals surface area contributed by atoms with Gasteiger partial charge in [-0.1, -0.05) is 60.3 Å². The number of benzene rings is 4. The number of thioether (sulfide) groups is 1. The van der Waals surface area contributed by atoms with Gasteiger partial charge in [-0.2, -0.15) is 0 Å². The number of anilines is 2. The van der Waals surface area contributed by atoms with Crippen molar-refractivity contribution in [2.45, 2.75) is 26.4 Å². The van der Waals surface area contributed by atoms with Crippen LogP contribution in [0.4, 0.5) is 17.1 Å². The number of fused-ring (bicyclic) bond motifs is 3. The molecular formula is C28H22N2OS2. The van der Waals surface area contributed by atoms with Crippen LogP contribution < -0.4 is 9.64 Å². The second-order valence-corrected chi connectivity index (χ2v) is 10.3. The van der Waals surface area contributed by atoms with Crippen LogP contribution in [0.15, 0.2) is 117 Å². The molecule has 3 nitrogen and oxygen atoms in total. The lowest BCUT2D eigenvalue weighted by Crippen LogP contribution is -2.29. The van der Waals surface area contributed by atoms with E-state index >= 15 is 0 Å². The highest BCUT2D eigenvalue weighted by atomic mass is 32.2. The van der Waals surface area contributed by atoms with Gasteiger partial charge in [0.05, 0.1) is 24.2 Å². The molecule has 162 valence electrons. The van der Waals surface area contributed by atoms with Gasteiger partial charge in [-0.3, -0.25) is 4.90 Å². The molecule has 2 aliphatic heterocycles. The first kappa shape index (κ1) is 20.5. The number of aliphatic imine (C=N–C) groups is 1. The van der Waals surface area contributed by atoms with Crippen LogP contribution in [0.1, 0.15) is 17.2 Å². The molecule has 0 amide bonds. The highest BCUT2D eigenvalue weighted by Crippen LogP contribution is 2.51. The Balaban J connectivity index is 1.50. The predicted molar refractivity (Wildman–Crippen MR) is 139 cm³/mol. The molecule has 1 atom stereocenters. The van der Waals surface area contributed by atoms with Crippen molar-refractivity contribution in [3.05, 3.63) is 103 Å². The van der Waals surface area contributed by atoms with E-state index in [2.05, 4.69) is 89.8 Å². The van der Waals surface area contributed by atoms with Crippen LogP contribution in [0.2, 0.25) is 0 Å². The fourth-order valence-electron chi connectivity index (χ4n) is 4.32. The van der Waals surface area contributed by atoms with Crippen molar-refractivity contribution < 1.29 is 4.74 Å². The minimum Gasteiger partial charge on any atom is -0.497 e. The minimum absolute atomic E-state index is 0.243. The fraction of sp³-hybridized carbons (Fsp3) is 0.107. The summed E-state index contributed by atoms with van der Waals surface area (Å²) < 4.78 is 5.39. The topological polar surface area (TPSA) is 24.8 Å². The number of ether oxygens (including phenoxy) is 1. The first-order valence-corrected chi connectivity index (χ1v) is 12.6. The maximum absolute atomic E-state index is 5.39. The second-order valence-electron chi connectivity index (χ2n) is 7.95. The van der Waals surface area contributed by atoms with Gasteiger partial charge in [-0.15, -0.1) is 11.8 Å². The normalized spacial score (nSPS) is 16.7. The number of hydrogen-bond acceptors (Lipinski definition) is 5. The number of methoxy groups -OCH3 is 1. The highest BCUT2D eigenvalue weighted by Gasteiger charge is 2.31. The van der Waals surface area contributed by atoms with Crippen LogP contribution in [0.3, 0.4) is 0 Å². The van der Waals surface area contributed by atoms with E-state index in [1.807, 2.05) is 35.7 Å². The van der Waals surface area contributed by atoms with Crippen LogP contribution in [0.25, 0.3) is 0 Å². The van der Waals surface area contributed by atoms with E-state index in [1.54, 1.807) is 7.11 Å². The van der Waals surface area contributed by atoms with E-state index in [0.29, 0.717) is 0 Å². The Bertz CT molecular complexity index is 1300.